The number of Topliss-reactive ketones (excluding diaryl/α,β-unsaturated/α-hetero) is 1. The highest BCUT2D eigenvalue weighted by molar-refractivity contribution is 5.96. The van der Waals surface area contributed by atoms with E-state index in [1.54, 1.807) is 24.3 Å². The summed E-state index contributed by atoms with van der Waals surface area (Å²) in [5.74, 6) is -0.0199. The van der Waals surface area contributed by atoms with Gasteiger partial charge in [-0.1, -0.05) is 12.1 Å². The molecule has 0 radical (unpaired) electrons. The van der Waals surface area contributed by atoms with Crippen LogP contribution in [0, 0.1) is 0 Å². The lowest BCUT2D eigenvalue weighted by molar-refractivity contribution is 0.0120. The van der Waals surface area contributed by atoms with Gasteiger partial charge in [0.2, 0.25) is 0 Å². The molecule has 0 spiro atoms. The normalized spacial score (nSPS) is 18.0. The van der Waals surface area contributed by atoms with Crippen LogP contribution in [0.5, 0.6) is 0 Å². The summed E-state index contributed by atoms with van der Waals surface area (Å²) < 4.78 is 5.61. The van der Waals surface area contributed by atoms with Crippen molar-refractivity contribution in [2.45, 2.75) is 38.7 Å². The summed E-state index contributed by atoms with van der Waals surface area (Å²) in [6.45, 7) is 2.92. The Hall–Kier alpha value is -1.88. The predicted octanol–water partition coefficient (Wildman–Crippen LogP) is 2.97. The zero-order valence-electron chi connectivity index (χ0n) is 12.4. The maximum atomic E-state index is 11.8. The molecule has 2 N–H and O–H groups in total. The summed E-state index contributed by atoms with van der Waals surface area (Å²) >= 11 is 0. The van der Waals surface area contributed by atoms with Gasteiger partial charge in [0, 0.05) is 24.4 Å². The molecule has 2 rings (SSSR count). The average Bonchev–Trinajstić information content (AvgIpc) is 2.48. The SMILES string of the molecule is CC(=O)c1cccc(NC(=O)NCCC2CCCCO2)c1. The molecule has 1 aliphatic heterocycles. The van der Waals surface area contributed by atoms with E-state index in [1.165, 1.54) is 13.3 Å². The molecule has 5 heteroatoms. The second-order valence-corrected chi connectivity index (χ2v) is 5.30. The van der Waals surface area contributed by atoms with Gasteiger partial charge < -0.3 is 15.4 Å². The van der Waals surface area contributed by atoms with Crippen LogP contribution >= 0.6 is 0 Å². The van der Waals surface area contributed by atoms with Gasteiger partial charge in [0.1, 0.15) is 0 Å². The van der Waals surface area contributed by atoms with Crippen LogP contribution in [0.15, 0.2) is 24.3 Å². The van der Waals surface area contributed by atoms with Crippen molar-refractivity contribution >= 4 is 17.5 Å². The molecular weight excluding hydrogens is 268 g/mol. The number of ether oxygens (including phenoxy) is 1. The lowest BCUT2D eigenvalue weighted by atomic mass is 10.1. The summed E-state index contributed by atoms with van der Waals surface area (Å²) in [6, 6.07) is 6.66. The van der Waals surface area contributed by atoms with E-state index >= 15 is 0 Å². The van der Waals surface area contributed by atoms with E-state index in [0.717, 1.165) is 25.9 Å². The van der Waals surface area contributed by atoms with Gasteiger partial charge in [-0.3, -0.25) is 4.79 Å². The van der Waals surface area contributed by atoms with E-state index in [-0.39, 0.29) is 17.9 Å². The lowest BCUT2D eigenvalue weighted by Gasteiger charge is -2.22. The van der Waals surface area contributed by atoms with Crippen molar-refractivity contribution in [1.29, 1.82) is 0 Å². The summed E-state index contributed by atoms with van der Waals surface area (Å²) in [5.41, 5.74) is 1.21. The number of benzene rings is 1. The Labute approximate surface area is 125 Å². The molecule has 0 bridgehead atoms. The number of hydrogen-bond donors (Lipinski definition) is 2. The number of anilines is 1. The highest BCUT2D eigenvalue weighted by Gasteiger charge is 2.13. The van der Waals surface area contributed by atoms with Gasteiger partial charge in [0.05, 0.1) is 6.10 Å². The number of rotatable bonds is 5. The van der Waals surface area contributed by atoms with Crippen molar-refractivity contribution in [3.63, 3.8) is 0 Å². The van der Waals surface area contributed by atoms with Gasteiger partial charge in [-0.05, 0) is 44.7 Å². The van der Waals surface area contributed by atoms with Crippen LogP contribution in [0.25, 0.3) is 0 Å². The molecule has 0 saturated carbocycles. The van der Waals surface area contributed by atoms with Crippen molar-refractivity contribution in [2.24, 2.45) is 0 Å². The van der Waals surface area contributed by atoms with E-state index in [2.05, 4.69) is 10.6 Å². The molecule has 5 nitrogen and oxygen atoms in total. The van der Waals surface area contributed by atoms with E-state index in [0.29, 0.717) is 17.8 Å². The maximum absolute atomic E-state index is 11.8. The largest absolute Gasteiger partial charge is 0.378 e. The number of urea groups is 1. The number of amides is 2. The van der Waals surface area contributed by atoms with Crippen molar-refractivity contribution in [2.75, 3.05) is 18.5 Å². The Bertz CT molecular complexity index is 496. The minimum atomic E-state index is -0.258. The molecule has 0 aliphatic carbocycles. The third-order valence-corrected chi connectivity index (χ3v) is 3.55. The smallest absolute Gasteiger partial charge is 0.319 e. The lowest BCUT2D eigenvalue weighted by Crippen LogP contribution is -2.32. The van der Waals surface area contributed by atoms with Gasteiger partial charge in [0.15, 0.2) is 5.78 Å². The van der Waals surface area contributed by atoms with Crippen molar-refractivity contribution in [3.05, 3.63) is 29.8 Å². The van der Waals surface area contributed by atoms with Crippen LogP contribution < -0.4 is 10.6 Å². The Kier molecular flexibility index (Phi) is 5.75. The van der Waals surface area contributed by atoms with Gasteiger partial charge in [-0.25, -0.2) is 4.79 Å². The summed E-state index contributed by atoms with van der Waals surface area (Å²) in [5, 5.41) is 5.54. The highest BCUT2D eigenvalue weighted by atomic mass is 16.5. The van der Waals surface area contributed by atoms with Gasteiger partial charge >= 0.3 is 6.03 Å². The predicted molar refractivity (Wildman–Crippen MR) is 81.7 cm³/mol. The second-order valence-electron chi connectivity index (χ2n) is 5.30. The first kappa shape index (κ1) is 15.5. The zero-order valence-corrected chi connectivity index (χ0v) is 12.4. The quantitative estimate of drug-likeness (QED) is 0.819. The van der Waals surface area contributed by atoms with E-state index in [9.17, 15) is 9.59 Å². The Balaban J connectivity index is 1.73. The molecular formula is C16H22N2O3. The van der Waals surface area contributed by atoms with Crippen molar-refractivity contribution in [3.8, 4) is 0 Å². The molecule has 2 amide bonds. The molecule has 0 aromatic heterocycles. The maximum Gasteiger partial charge on any atom is 0.319 e. The van der Waals surface area contributed by atoms with Crippen LogP contribution in [0.4, 0.5) is 10.5 Å². The minimum Gasteiger partial charge on any atom is -0.378 e. The first-order valence-electron chi connectivity index (χ1n) is 7.42. The van der Waals surface area contributed by atoms with Gasteiger partial charge in [-0.15, -0.1) is 0 Å². The number of nitrogens with one attached hydrogen (secondary N) is 2. The van der Waals surface area contributed by atoms with Gasteiger partial charge in [0.25, 0.3) is 0 Å². The van der Waals surface area contributed by atoms with E-state index in [4.69, 9.17) is 4.74 Å². The van der Waals surface area contributed by atoms with Crippen LogP contribution in [0.3, 0.4) is 0 Å². The van der Waals surface area contributed by atoms with Gasteiger partial charge in [-0.2, -0.15) is 0 Å². The fraction of sp³-hybridized carbons (Fsp3) is 0.500. The summed E-state index contributed by atoms with van der Waals surface area (Å²) in [6.07, 6.45) is 4.51. The average molecular weight is 290 g/mol. The Morgan fingerprint density at radius 2 is 2.19 bits per heavy atom. The first-order valence-corrected chi connectivity index (χ1v) is 7.42. The Morgan fingerprint density at radius 3 is 2.90 bits per heavy atom. The number of ketones is 1. The molecule has 1 aromatic carbocycles. The molecule has 1 unspecified atom stereocenters. The van der Waals surface area contributed by atoms with Crippen molar-refractivity contribution < 1.29 is 14.3 Å². The standard InChI is InChI=1S/C16H22N2O3/c1-12(19)13-5-4-6-14(11-13)18-16(20)17-9-8-15-7-2-3-10-21-15/h4-6,11,15H,2-3,7-10H2,1H3,(H2,17,18,20). The third-order valence-electron chi connectivity index (χ3n) is 3.55. The molecule has 114 valence electrons. The fourth-order valence-corrected chi connectivity index (χ4v) is 2.37. The molecule has 1 aromatic rings. The Morgan fingerprint density at radius 1 is 1.33 bits per heavy atom. The van der Waals surface area contributed by atoms with Crippen molar-refractivity contribution in [1.82, 2.24) is 5.32 Å². The second kappa shape index (κ2) is 7.78. The minimum absolute atomic E-state index is 0.0199. The number of hydrogen-bond acceptors (Lipinski definition) is 3. The molecule has 1 aliphatic rings. The molecule has 1 saturated heterocycles. The van der Waals surface area contributed by atoms with Crippen LogP contribution in [-0.4, -0.2) is 31.1 Å². The van der Waals surface area contributed by atoms with Crippen LogP contribution in [-0.2, 0) is 4.74 Å². The topological polar surface area (TPSA) is 67.4 Å². The fourth-order valence-electron chi connectivity index (χ4n) is 2.37. The molecule has 1 atom stereocenters. The number of carbonyl (C=O) groups is 2. The van der Waals surface area contributed by atoms with E-state index in [1.807, 2.05) is 0 Å². The zero-order chi connectivity index (χ0) is 15.1. The molecule has 1 fully saturated rings. The van der Waals surface area contributed by atoms with Crippen LogP contribution in [0.1, 0.15) is 43.0 Å². The van der Waals surface area contributed by atoms with E-state index < -0.39 is 0 Å². The highest BCUT2D eigenvalue weighted by Crippen LogP contribution is 2.15. The first-order chi connectivity index (χ1) is 10.1. The summed E-state index contributed by atoms with van der Waals surface area (Å²) in [7, 11) is 0. The molecule has 21 heavy (non-hydrogen) atoms. The number of carbonyl (C=O) groups excluding carboxylic acids is 2. The van der Waals surface area contributed by atoms with Crippen LogP contribution in [0.2, 0.25) is 0 Å². The third kappa shape index (κ3) is 5.19. The molecule has 1 heterocycles. The monoisotopic (exact) mass is 290 g/mol. The summed E-state index contributed by atoms with van der Waals surface area (Å²) in [4.78, 5) is 23.1.